The van der Waals surface area contributed by atoms with Gasteiger partial charge in [-0.15, -0.1) is 0 Å². The van der Waals surface area contributed by atoms with E-state index in [4.69, 9.17) is 16.2 Å². The van der Waals surface area contributed by atoms with Gasteiger partial charge in [0.05, 0.1) is 17.7 Å². The Morgan fingerprint density at radius 3 is 2.60 bits per heavy atom. The van der Waals surface area contributed by atoms with Gasteiger partial charge in [0, 0.05) is 5.69 Å². The Hall–Kier alpha value is -2.04. The van der Waals surface area contributed by atoms with Crippen LogP contribution in [0.5, 0.6) is 0 Å². The summed E-state index contributed by atoms with van der Waals surface area (Å²) < 4.78 is 4.77. The van der Waals surface area contributed by atoms with Crippen molar-refractivity contribution >= 4 is 17.6 Å². The van der Waals surface area contributed by atoms with Crippen molar-refractivity contribution in [3.05, 3.63) is 29.3 Å². The fourth-order valence-electron chi connectivity index (χ4n) is 1.11. The minimum Gasteiger partial charge on any atom is -0.462 e. The molecule has 0 fully saturated rings. The van der Waals surface area contributed by atoms with Crippen LogP contribution in [0, 0.1) is 0 Å². The van der Waals surface area contributed by atoms with Crippen LogP contribution in [0.3, 0.4) is 0 Å². The maximum Gasteiger partial charge on any atom is 0.338 e. The SMILES string of the molecule is CCOC(=O)c1ccc(N)c(C(N)=O)c1. The van der Waals surface area contributed by atoms with Gasteiger partial charge in [-0.3, -0.25) is 4.79 Å². The van der Waals surface area contributed by atoms with E-state index in [0.717, 1.165) is 0 Å². The molecule has 1 aromatic rings. The monoisotopic (exact) mass is 208 g/mol. The van der Waals surface area contributed by atoms with Gasteiger partial charge in [-0.25, -0.2) is 4.79 Å². The molecule has 5 heteroatoms. The minimum absolute atomic E-state index is 0.126. The van der Waals surface area contributed by atoms with E-state index >= 15 is 0 Å². The molecule has 0 aliphatic rings. The summed E-state index contributed by atoms with van der Waals surface area (Å²) in [6.45, 7) is 1.97. The molecule has 1 aromatic carbocycles. The van der Waals surface area contributed by atoms with Crippen LogP contribution in [0.1, 0.15) is 27.6 Å². The molecule has 0 saturated heterocycles. The first-order chi connectivity index (χ1) is 7.06. The molecule has 0 heterocycles. The Bertz CT molecular complexity index is 402. The maximum atomic E-state index is 11.3. The molecule has 0 aromatic heterocycles. The van der Waals surface area contributed by atoms with Crippen LogP contribution in [0.15, 0.2) is 18.2 Å². The van der Waals surface area contributed by atoms with Gasteiger partial charge in [0.25, 0.3) is 5.91 Å². The average molecular weight is 208 g/mol. The summed E-state index contributed by atoms with van der Waals surface area (Å²) >= 11 is 0. The number of ether oxygens (including phenoxy) is 1. The van der Waals surface area contributed by atoms with Gasteiger partial charge in [-0.05, 0) is 25.1 Å². The second kappa shape index (κ2) is 4.45. The standard InChI is InChI=1S/C10H12N2O3/c1-2-15-10(14)6-3-4-8(11)7(5-6)9(12)13/h3-5H,2,11H2,1H3,(H2,12,13). The summed E-state index contributed by atoms with van der Waals surface area (Å²) in [4.78, 5) is 22.3. The first-order valence-corrected chi connectivity index (χ1v) is 4.42. The highest BCUT2D eigenvalue weighted by Gasteiger charge is 2.11. The maximum absolute atomic E-state index is 11.3. The molecule has 0 saturated carbocycles. The van der Waals surface area contributed by atoms with Crippen molar-refractivity contribution in [2.75, 3.05) is 12.3 Å². The van der Waals surface area contributed by atoms with Gasteiger partial charge >= 0.3 is 5.97 Å². The molecule has 80 valence electrons. The third-order valence-electron chi connectivity index (χ3n) is 1.83. The summed E-state index contributed by atoms with van der Waals surface area (Å²) in [5, 5.41) is 0. The second-order valence-electron chi connectivity index (χ2n) is 2.89. The number of anilines is 1. The van der Waals surface area contributed by atoms with Crippen LogP contribution in [0.25, 0.3) is 0 Å². The predicted molar refractivity (Wildman–Crippen MR) is 55.3 cm³/mol. The fourth-order valence-corrected chi connectivity index (χ4v) is 1.11. The second-order valence-corrected chi connectivity index (χ2v) is 2.89. The lowest BCUT2D eigenvalue weighted by Crippen LogP contribution is -2.15. The number of esters is 1. The van der Waals surface area contributed by atoms with Gasteiger partial charge in [0.15, 0.2) is 0 Å². The number of hydrogen-bond acceptors (Lipinski definition) is 4. The Morgan fingerprint density at radius 1 is 1.40 bits per heavy atom. The zero-order valence-electron chi connectivity index (χ0n) is 8.32. The zero-order valence-corrected chi connectivity index (χ0v) is 8.32. The molecule has 1 rings (SSSR count). The van der Waals surface area contributed by atoms with E-state index in [0.29, 0.717) is 0 Å². The van der Waals surface area contributed by atoms with Gasteiger partial charge in [0.1, 0.15) is 0 Å². The number of amides is 1. The Kier molecular flexibility index (Phi) is 3.28. The highest BCUT2D eigenvalue weighted by Crippen LogP contribution is 2.14. The van der Waals surface area contributed by atoms with E-state index in [1.54, 1.807) is 6.92 Å². The minimum atomic E-state index is -0.668. The van der Waals surface area contributed by atoms with Gasteiger partial charge in [-0.2, -0.15) is 0 Å². The smallest absolute Gasteiger partial charge is 0.338 e. The highest BCUT2D eigenvalue weighted by molar-refractivity contribution is 6.01. The summed E-state index contributed by atoms with van der Waals surface area (Å²) in [6.07, 6.45) is 0. The van der Waals surface area contributed by atoms with E-state index < -0.39 is 11.9 Å². The highest BCUT2D eigenvalue weighted by atomic mass is 16.5. The molecule has 15 heavy (non-hydrogen) atoms. The number of nitrogens with two attached hydrogens (primary N) is 2. The molecule has 0 aliphatic carbocycles. The number of primary amides is 1. The van der Waals surface area contributed by atoms with Crippen LogP contribution < -0.4 is 11.5 Å². The molecular weight excluding hydrogens is 196 g/mol. The Labute approximate surface area is 87.0 Å². The summed E-state index contributed by atoms with van der Waals surface area (Å²) in [6, 6.07) is 4.27. The lowest BCUT2D eigenvalue weighted by Gasteiger charge is -2.05. The summed E-state index contributed by atoms with van der Waals surface area (Å²) in [7, 11) is 0. The predicted octanol–water partition coefficient (Wildman–Crippen LogP) is 0.544. The largest absolute Gasteiger partial charge is 0.462 e. The van der Waals surface area contributed by atoms with Crippen molar-refractivity contribution in [1.29, 1.82) is 0 Å². The zero-order chi connectivity index (χ0) is 11.4. The first kappa shape index (κ1) is 11.0. The van der Waals surface area contributed by atoms with Crippen LogP contribution in [-0.2, 0) is 4.74 Å². The van der Waals surface area contributed by atoms with E-state index in [9.17, 15) is 9.59 Å². The van der Waals surface area contributed by atoms with Gasteiger partial charge in [-0.1, -0.05) is 0 Å². The molecule has 1 amide bonds. The Morgan fingerprint density at radius 2 is 2.07 bits per heavy atom. The average Bonchev–Trinajstić information content (AvgIpc) is 2.18. The number of nitrogen functional groups attached to an aromatic ring is 1. The fraction of sp³-hybridized carbons (Fsp3) is 0.200. The molecule has 0 bridgehead atoms. The number of carbonyl (C=O) groups excluding carboxylic acids is 2. The summed E-state index contributed by atoms with van der Waals surface area (Å²) in [5.41, 5.74) is 11.2. The number of benzene rings is 1. The Balaban J connectivity index is 3.07. The van der Waals surface area contributed by atoms with Gasteiger partial charge in [0.2, 0.25) is 0 Å². The first-order valence-electron chi connectivity index (χ1n) is 4.42. The van der Waals surface area contributed by atoms with Gasteiger partial charge < -0.3 is 16.2 Å². The van der Waals surface area contributed by atoms with Crippen LogP contribution in [0.2, 0.25) is 0 Å². The molecule has 0 atom stereocenters. The van der Waals surface area contributed by atoms with E-state index in [-0.39, 0.29) is 23.4 Å². The third kappa shape index (κ3) is 2.46. The molecule has 0 unspecified atom stereocenters. The molecule has 0 spiro atoms. The number of rotatable bonds is 3. The molecule has 0 aliphatic heterocycles. The van der Waals surface area contributed by atoms with E-state index in [1.165, 1.54) is 18.2 Å². The van der Waals surface area contributed by atoms with E-state index in [2.05, 4.69) is 0 Å². The molecule has 0 radical (unpaired) electrons. The summed E-state index contributed by atoms with van der Waals surface area (Å²) in [5.74, 6) is -1.17. The van der Waals surface area contributed by atoms with Crippen molar-refractivity contribution < 1.29 is 14.3 Å². The molecule has 5 nitrogen and oxygen atoms in total. The normalized spacial score (nSPS) is 9.67. The van der Waals surface area contributed by atoms with Crippen LogP contribution >= 0.6 is 0 Å². The lowest BCUT2D eigenvalue weighted by atomic mass is 10.1. The van der Waals surface area contributed by atoms with Crippen molar-refractivity contribution in [3.8, 4) is 0 Å². The topological polar surface area (TPSA) is 95.4 Å². The lowest BCUT2D eigenvalue weighted by molar-refractivity contribution is 0.0526. The van der Waals surface area contributed by atoms with Crippen molar-refractivity contribution in [2.45, 2.75) is 6.92 Å². The van der Waals surface area contributed by atoms with E-state index in [1.807, 2.05) is 0 Å². The molecular formula is C10H12N2O3. The van der Waals surface area contributed by atoms with Crippen LogP contribution in [-0.4, -0.2) is 18.5 Å². The van der Waals surface area contributed by atoms with Crippen molar-refractivity contribution in [3.63, 3.8) is 0 Å². The quantitative estimate of drug-likeness (QED) is 0.560. The van der Waals surface area contributed by atoms with Crippen molar-refractivity contribution in [1.82, 2.24) is 0 Å². The molecule has 4 N–H and O–H groups in total. The third-order valence-corrected chi connectivity index (χ3v) is 1.83. The number of hydrogen-bond donors (Lipinski definition) is 2. The number of carbonyl (C=O) groups is 2. The van der Waals surface area contributed by atoms with Crippen molar-refractivity contribution in [2.24, 2.45) is 5.73 Å². The van der Waals surface area contributed by atoms with Crippen LogP contribution in [0.4, 0.5) is 5.69 Å².